The minimum Gasteiger partial charge on any atom is -0.416 e. The molecular formula is C8H16I2N2O2Si. The summed E-state index contributed by atoms with van der Waals surface area (Å²) < 4.78 is -2.10. The van der Waals surface area contributed by atoms with Crippen molar-refractivity contribution in [2.24, 2.45) is 0 Å². The van der Waals surface area contributed by atoms with Crippen LogP contribution >= 0.6 is 43.6 Å². The minimum absolute atomic E-state index is 0.0389. The molecule has 0 aromatic carbocycles. The second-order valence-corrected chi connectivity index (χ2v) is 21.8. The van der Waals surface area contributed by atoms with E-state index in [-0.39, 0.29) is 6.03 Å². The summed E-state index contributed by atoms with van der Waals surface area (Å²) in [6, 6.07) is 0.0389. The standard InChI is InChI=1S/C8H16I2N2O2Si/c1-2-7(15(9,10)14)3-5-12-6-4-11-8(12)13/h7,14H,2-6H2,1H3,(H,11,13). The summed E-state index contributed by atoms with van der Waals surface area (Å²) in [6.07, 6.45) is 1.91. The van der Waals surface area contributed by atoms with Crippen LogP contribution in [0.15, 0.2) is 0 Å². The van der Waals surface area contributed by atoms with Crippen molar-refractivity contribution in [1.29, 1.82) is 0 Å². The fourth-order valence-corrected chi connectivity index (χ4v) is 7.14. The summed E-state index contributed by atoms with van der Waals surface area (Å²) >= 11 is 4.39. The van der Waals surface area contributed by atoms with Gasteiger partial charge in [-0.05, 0) is 12.0 Å². The Labute approximate surface area is 117 Å². The number of carbonyl (C=O) groups excluding carboxylic acids is 1. The van der Waals surface area contributed by atoms with E-state index < -0.39 is 3.31 Å². The number of nitrogens with zero attached hydrogens (tertiary/aromatic N) is 1. The average molecular weight is 454 g/mol. The summed E-state index contributed by atoms with van der Waals surface area (Å²) in [6.45, 7) is 4.43. The zero-order valence-corrected chi connectivity index (χ0v) is 14.0. The first-order valence-corrected chi connectivity index (χ1v) is 13.3. The number of hydrogen-bond acceptors (Lipinski definition) is 2. The number of rotatable bonds is 5. The minimum atomic E-state index is -2.10. The fraction of sp³-hybridized carbons (Fsp3) is 0.875. The Kier molecular flexibility index (Phi) is 5.59. The molecule has 0 spiro atoms. The molecule has 1 heterocycles. The van der Waals surface area contributed by atoms with Gasteiger partial charge in [0.2, 0.25) is 0 Å². The molecule has 7 heteroatoms. The highest BCUT2D eigenvalue weighted by molar-refractivity contribution is 14.3. The highest BCUT2D eigenvalue weighted by atomic mass is 127. The van der Waals surface area contributed by atoms with E-state index in [9.17, 15) is 9.59 Å². The number of hydrogen-bond donors (Lipinski definition) is 2. The molecule has 0 aromatic rings. The van der Waals surface area contributed by atoms with Crippen LogP contribution in [-0.4, -0.2) is 38.7 Å². The highest BCUT2D eigenvalue weighted by Crippen LogP contribution is 2.37. The number of carbonyl (C=O) groups is 1. The maximum absolute atomic E-state index is 11.3. The summed E-state index contributed by atoms with van der Waals surface area (Å²) in [5.41, 5.74) is 0.368. The molecule has 2 N–H and O–H groups in total. The Morgan fingerprint density at radius 3 is 2.73 bits per heavy atom. The van der Waals surface area contributed by atoms with Gasteiger partial charge in [0.05, 0.1) is 0 Å². The first-order valence-electron chi connectivity index (χ1n) is 5.08. The number of urea groups is 1. The van der Waals surface area contributed by atoms with E-state index in [2.05, 4.69) is 55.8 Å². The Hall–Kier alpha value is 0.907. The maximum atomic E-state index is 11.3. The molecule has 1 fully saturated rings. The van der Waals surface area contributed by atoms with Gasteiger partial charge in [-0.25, -0.2) is 4.79 Å². The van der Waals surface area contributed by atoms with Crippen molar-refractivity contribution >= 4 is 52.9 Å². The van der Waals surface area contributed by atoms with Crippen molar-refractivity contribution in [3.8, 4) is 0 Å². The monoisotopic (exact) mass is 454 g/mol. The first kappa shape index (κ1) is 14.0. The van der Waals surface area contributed by atoms with E-state index in [4.69, 9.17) is 0 Å². The average Bonchev–Trinajstić information content (AvgIpc) is 2.50. The Morgan fingerprint density at radius 2 is 2.33 bits per heavy atom. The molecule has 1 saturated heterocycles. The van der Waals surface area contributed by atoms with E-state index in [1.165, 1.54) is 0 Å². The SMILES string of the molecule is CCC(CCN1CCNC1=O)[Si](O)(I)I. The third-order valence-corrected chi connectivity index (χ3v) is 9.64. The number of halogens is 2. The van der Waals surface area contributed by atoms with Gasteiger partial charge < -0.3 is 15.0 Å². The lowest BCUT2D eigenvalue weighted by Crippen LogP contribution is -2.33. The molecule has 1 unspecified atom stereocenters. The lowest BCUT2D eigenvalue weighted by atomic mass is 10.2. The van der Waals surface area contributed by atoms with E-state index in [1.54, 1.807) is 0 Å². The number of amides is 2. The predicted molar refractivity (Wildman–Crippen MR) is 79.6 cm³/mol. The molecule has 0 aliphatic carbocycles. The lowest BCUT2D eigenvalue weighted by Gasteiger charge is -2.24. The molecule has 1 aliphatic heterocycles. The van der Waals surface area contributed by atoms with Gasteiger partial charge in [0.15, 0.2) is 0 Å². The summed E-state index contributed by atoms with van der Waals surface area (Å²) in [7, 11) is 0. The second kappa shape index (κ2) is 6.01. The summed E-state index contributed by atoms with van der Waals surface area (Å²) in [5, 5.41) is 2.78. The van der Waals surface area contributed by atoms with E-state index in [0.717, 1.165) is 32.5 Å². The molecule has 4 nitrogen and oxygen atoms in total. The Morgan fingerprint density at radius 1 is 1.67 bits per heavy atom. The molecule has 2 amide bonds. The van der Waals surface area contributed by atoms with Crippen LogP contribution in [-0.2, 0) is 0 Å². The summed E-state index contributed by atoms with van der Waals surface area (Å²) in [5.74, 6) is 0. The largest absolute Gasteiger partial charge is 0.416 e. The van der Waals surface area contributed by atoms with Gasteiger partial charge in [-0.2, -0.15) is 0 Å². The zero-order chi connectivity index (χ0) is 11.5. The van der Waals surface area contributed by atoms with Crippen LogP contribution < -0.4 is 5.32 Å². The molecule has 0 radical (unpaired) electrons. The Bertz CT molecular complexity index is 235. The van der Waals surface area contributed by atoms with Crippen LogP contribution in [0.5, 0.6) is 0 Å². The molecule has 0 saturated carbocycles. The molecule has 1 rings (SSSR count). The number of nitrogens with one attached hydrogen (secondary N) is 1. The topological polar surface area (TPSA) is 52.6 Å². The van der Waals surface area contributed by atoms with Crippen LogP contribution in [0.25, 0.3) is 0 Å². The van der Waals surface area contributed by atoms with E-state index in [0.29, 0.717) is 5.54 Å². The highest BCUT2D eigenvalue weighted by Gasteiger charge is 2.34. The molecule has 88 valence electrons. The third-order valence-electron chi connectivity index (χ3n) is 2.68. The van der Waals surface area contributed by atoms with Crippen molar-refractivity contribution in [2.45, 2.75) is 25.3 Å². The first-order chi connectivity index (χ1) is 6.95. The smallest absolute Gasteiger partial charge is 0.325 e. The van der Waals surface area contributed by atoms with Gasteiger partial charge in [0.1, 0.15) is 0 Å². The quantitative estimate of drug-likeness (QED) is 0.380. The molecule has 0 aromatic heterocycles. The van der Waals surface area contributed by atoms with Crippen molar-refractivity contribution in [1.82, 2.24) is 10.2 Å². The van der Waals surface area contributed by atoms with Gasteiger partial charge >= 0.3 is 9.34 Å². The van der Waals surface area contributed by atoms with E-state index in [1.807, 2.05) is 4.90 Å². The van der Waals surface area contributed by atoms with Crippen LogP contribution in [0, 0.1) is 0 Å². The molecule has 15 heavy (non-hydrogen) atoms. The zero-order valence-electron chi connectivity index (χ0n) is 8.67. The van der Waals surface area contributed by atoms with Gasteiger partial charge in [-0.1, -0.05) is 56.9 Å². The van der Waals surface area contributed by atoms with Crippen LogP contribution in [0.2, 0.25) is 5.54 Å². The molecular weight excluding hydrogens is 438 g/mol. The van der Waals surface area contributed by atoms with Crippen LogP contribution in [0.3, 0.4) is 0 Å². The third kappa shape index (κ3) is 4.34. The van der Waals surface area contributed by atoms with Crippen molar-refractivity contribution < 1.29 is 9.59 Å². The van der Waals surface area contributed by atoms with Gasteiger partial charge in [-0.15, -0.1) is 0 Å². The van der Waals surface area contributed by atoms with Gasteiger partial charge in [0, 0.05) is 19.6 Å². The summed E-state index contributed by atoms with van der Waals surface area (Å²) in [4.78, 5) is 23.1. The normalized spacial score (nSPS) is 19.2. The van der Waals surface area contributed by atoms with Crippen molar-refractivity contribution in [3.63, 3.8) is 0 Å². The Balaban J connectivity index is 2.37. The molecule has 1 atom stereocenters. The van der Waals surface area contributed by atoms with Gasteiger partial charge in [-0.3, -0.25) is 0 Å². The van der Waals surface area contributed by atoms with E-state index >= 15 is 0 Å². The van der Waals surface area contributed by atoms with Crippen LogP contribution in [0.4, 0.5) is 4.79 Å². The van der Waals surface area contributed by atoms with Crippen molar-refractivity contribution in [2.75, 3.05) is 19.6 Å². The fourth-order valence-electron chi connectivity index (χ4n) is 1.66. The second-order valence-electron chi connectivity index (χ2n) is 3.70. The van der Waals surface area contributed by atoms with Crippen LogP contribution in [0.1, 0.15) is 19.8 Å². The van der Waals surface area contributed by atoms with Crippen molar-refractivity contribution in [3.05, 3.63) is 0 Å². The molecule has 1 aliphatic rings. The van der Waals surface area contributed by atoms with Gasteiger partial charge in [0.25, 0.3) is 0 Å². The molecule has 0 bridgehead atoms. The predicted octanol–water partition coefficient (Wildman–Crippen LogP) is 1.98. The lowest BCUT2D eigenvalue weighted by molar-refractivity contribution is 0.216. The maximum Gasteiger partial charge on any atom is 0.325 e.